The van der Waals surface area contributed by atoms with Gasteiger partial charge in [-0.05, 0) is 10.8 Å². The lowest BCUT2D eigenvalue weighted by atomic mass is 10.1. The molecule has 0 N–H and O–H groups in total. The molecule has 0 heterocycles. The van der Waals surface area contributed by atoms with Crippen LogP contribution < -0.4 is 6.15 Å². The van der Waals surface area contributed by atoms with Gasteiger partial charge in [-0.3, -0.25) is 0 Å². The molecule has 1 nitrogen and oxygen atoms in total. The van der Waals surface area contributed by atoms with Gasteiger partial charge in [0, 0.05) is 6.15 Å². The van der Waals surface area contributed by atoms with Gasteiger partial charge in [0.15, 0.2) is 0 Å². The zero-order valence-corrected chi connectivity index (χ0v) is 6.07. The maximum atomic E-state index is 2.12. The fourth-order valence-electron chi connectivity index (χ4n) is 1.13. The number of rotatable bonds is 0. The van der Waals surface area contributed by atoms with Crippen molar-refractivity contribution in [3.05, 3.63) is 48.5 Å². The summed E-state index contributed by atoms with van der Waals surface area (Å²) in [5.41, 5.74) is 0. The highest BCUT2D eigenvalue weighted by molar-refractivity contribution is 5.81. The Hall–Kier alpha value is -1.34. The lowest BCUT2D eigenvalue weighted by Crippen LogP contribution is -1.67. The van der Waals surface area contributed by atoms with Crippen LogP contribution in [0, 0.1) is 0 Å². The smallest absolute Gasteiger partial charge is 0 e. The van der Waals surface area contributed by atoms with Crippen LogP contribution in [0.15, 0.2) is 48.5 Å². The van der Waals surface area contributed by atoms with E-state index < -0.39 is 0 Å². The Labute approximate surface area is 66.2 Å². The third kappa shape index (κ3) is 1.38. The van der Waals surface area contributed by atoms with Crippen LogP contribution >= 0.6 is 0 Å². The lowest BCUT2D eigenvalue weighted by Gasteiger charge is -1.92. The van der Waals surface area contributed by atoms with Gasteiger partial charge in [0.2, 0.25) is 0 Å². The van der Waals surface area contributed by atoms with Crippen molar-refractivity contribution in [3.8, 4) is 0 Å². The van der Waals surface area contributed by atoms with Gasteiger partial charge < -0.3 is 0 Å². The molecular weight excluding hydrogens is 134 g/mol. The van der Waals surface area contributed by atoms with Crippen LogP contribution in [-0.4, -0.2) is 0 Å². The fraction of sp³-hybridized carbons (Fsp3) is 0. The first-order valence-electron chi connectivity index (χ1n) is 3.40. The second kappa shape index (κ2) is 3.17. The van der Waals surface area contributed by atoms with Gasteiger partial charge in [-0.25, -0.2) is 0 Å². The predicted molar refractivity (Wildman–Crippen MR) is 46.1 cm³/mol. The predicted octanol–water partition coefficient (Wildman–Crippen LogP) is 2.36. The molecule has 2 aromatic rings. The zero-order valence-electron chi connectivity index (χ0n) is 6.07. The second-order valence-corrected chi connectivity index (χ2v) is 2.35. The van der Waals surface area contributed by atoms with Gasteiger partial charge >= 0.3 is 0 Å². The minimum absolute atomic E-state index is 0. The number of hydrogen-bond donors (Lipinski definition) is 0. The number of fused-ring (bicyclic) bond motifs is 1. The SMILES string of the molecule is [N].c1ccc2ccccc2c1. The molecule has 0 spiro atoms. The molecule has 11 heavy (non-hydrogen) atoms. The summed E-state index contributed by atoms with van der Waals surface area (Å²) in [5.74, 6) is 0. The van der Waals surface area contributed by atoms with E-state index in [0.29, 0.717) is 0 Å². The number of hydrogen-bond acceptors (Lipinski definition) is 0. The molecular formula is C10H8N. The molecule has 0 aliphatic heterocycles. The normalized spacial score (nSPS) is 9.09. The summed E-state index contributed by atoms with van der Waals surface area (Å²) in [6.45, 7) is 0. The molecule has 0 fully saturated rings. The monoisotopic (exact) mass is 142 g/mol. The second-order valence-electron chi connectivity index (χ2n) is 2.35. The van der Waals surface area contributed by atoms with Gasteiger partial charge in [0.05, 0.1) is 0 Å². The highest BCUT2D eigenvalue weighted by atomic mass is 14.0. The largest absolute Gasteiger partial charge is 0.0616 e. The fourth-order valence-corrected chi connectivity index (χ4v) is 1.13. The standard InChI is InChI=1S/C10H8.N/c1-2-6-10-8-4-3-7-9(10)5-1;/h1-8H;. The van der Waals surface area contributed by atoms with Crippen LogP contribution in [0.3, 0.4) is 0 Å². The molecule has 0 aliphatic rings. The molecule has 2 aromatic carbocycles. The quantitative estimate of drug-likeness (QED) is 0.540. The third-order valence-corrected chi connectivity index (χ3v) is 1.66. The van der Waals surface area contributed by atoms with Gasteiger partial charge in [-0.1, -0.05) is 48.5 Å². The van der Waals surface area contributed by atoms with Crippen LogP contribution in [0.4, 0.5) is 0 Å². The first-order chi connectivity index (χ1) is 4.97. The Morgan fingerprint density at radius 2 is 0.818 bits per heavy atom. The van der Waals surface area contributed by atoms with Gasteiger partial charge in [0.25, 0.3) is 0 Å². The van der Waals surface area contributed by atoms with E-state index in [0.717, 1.165) is 0 Å². The maximum Gasteiger partial charge on any atom is 0 e. The Bertz CT molecular complexity index is 276. The first-order valence-corrected chi connectivity index (χ1v) is 3.40. The van der Waals surface area contributed by atoms with Gasteiger partial charge in [-0.2, -0.15) is 0 Å². The molecule has 0 aliphatic carbocycles. The van der Waals surface area contributed by atoms with E-state index in [1.807, 2.05) is 0 Å². The van der Waals surface area contributed by atoms with E-state index in [2.05, 4.69) is 48.5 Å². The van der Waals surface area contributed by atoms with Crippen LogP contribution in [0.5, 0.6) is 0 Å². The van der Waals surface area contributed by atoms with E-state index in [1.165, 1.54) is 10.8 Å². The van der Waals surface area contributed by atoms with Crippen molar-refractivity contribution in [1.82, 2.24) is 6.15 Å². The summed E-state index contributed by atoms with van der Waals surface area (Å²) in [7, 11) is 0. The zero-order chi connectivity index (χ0) is 6.81. The molecule has 3 radical (unpaired) electrons. The Balaban J connectivity index is 0.000000605. The van der Waals surface area contributed by atoms with E-state index >= 15 is 0 Å². The van der Waals surface area contributed by atoms with Crippen LogP contribution in [0.1, 0.15) is 0 Å². The summed E-state index contributed by atoms with van der Waals surface area (Å²) in [5, 5.41) is 2.62. The van der Waals surface area contributed by atoms with Crippen molar-refractivity contribution in [3.63, 3.8) is 0 Å². The Morgan fingerprint density at radius 1 is 0.545 bits per heavy atom. The molecule has 0 amide bonds. The molecule has 53 valence electrons. The summed E-state index contributed by atoms with van der Waals surface area (Å²) >= 11 is 0. The Morgan fingerprint density at radius 3 is 1.09 bits per heavy atom. The molecule has 1 heteroatoms. The minimum Gasteiger partial charge on any atom is -0.0616 e. The average Bonchev–Trinajstić information content (AvgIpc) is 2.05. The summed E-state index contributed by atoms with van der Waals surface area (Å²) in [4.78, 5) is 0. The van der Waals surface area contributed by atoms with Crippen LogP contribution in [0.2, 0.25) is 0 Å². The van der Waals surface area contributed by atoms with E-state index in [4.69, 9.17) is 0 Å². The van der Waals surface area contributed by atoms with E-state index in [1.54, 1.807) is 0 Å². The van der Waals surface area contributed by atoms with Crippen molar-refractivity contribution < 1.29 is 0 Å². The molecule has 2 rings (SSSR count). The van der Waals surface area contributed by atoms with Crippen molar-refractivity contribution in [2.75, 3.05) is 0 Å². The van der Waals surface area contributed by atoms with Gasteiger partial charge in [0.1, 0.15) is 0 Å². The molecule has 0 unspecified atom stereocenters. The number of benzene rings is 2. The lowest BCUT2D eigenvalue weighted by molar-refractivity contribution is 1.75. The van der Waals surface area contributed by atoms with E-state index in [9.17, 15) is 0 Å². The minimum atomic E-state index is 0. The van der Waals surface area contributed by atoms with Crippen molar-refractivity contribution in [2.24, 2.45) is 0 Å². The third-order valence-electron chi connectivity index (χ3n) is 1.66. The summed E-state index contributed by atoms with van der Waals surface area (Å²) in [6, 6.07) is 16.7. The Kier molecular flexibility index (Phi) is 2.24. The number of nitrogens with zero attached hydrogens (tertiary/aromatic N) is 1. The van der Waals surface area contributed by atoms with Crippen molar-refractivity contribution in [1.29, 1.82) is 0 Å². The maximum absolute atomic E-state index is 2.12. The molecule has 0 aromatic heterocycles. The molecule has 0 bridgehead atoms. The molecule has 0 atom stereocenters. The van der Waals surface area contributed by atoms with E-state index in [-0.39, 0.29) is 6.15 Å². The topological polar surface area (TPSA) is 30.5 Å². The molecule has 0 saturated carbocycles. The molecule has 0 saturated heterocycles. The van der Waals surface area contributed by atoms with Crippen molar-refractivity contribution in [2.45, 2.75) is 0 Å². The van der Waals surface area contributed by atoms with Gasteiger partial charge in [-0.15, -0.1) is 0 Å². The highest BCUT2D eigenvalue weighted by Crippen LogP contribution is 2.11. The van der Waals surface area contributed by atoms with Crippen LogP contribution in [-0.2, 0) is 0 Å². The first kappa shape index (κ1) is 7.76. The highest BCUT2D eigenvalue weighted by Gasteiger charge is 1.85. The summed E-state index contributed by atoms with van der Waals surface area (Å²) in [6.07, 6.45) is 0. The van der Waals surface area contributed by atoms with Crippen molar-refractivity contribution >= 4 is 10.8 Å². The summed E-state index contributed by atoms with van der Waals surface area (Å²) < 4.78 is 0. The average molecular weight is 142 g/mol. The van der Waals surface area contributed by atoms with Crippen LogP contribution in [0.25, 0.3) is 10.8 Å².